The van der Waals surface area contributed by atoms with E-state index in [-0.39, 0.29) is 11.5 Å². The van der Waals surface area contributed by atoms with Crippen LogP contribution in [0.2, 0.25) is 0 Å². The molecule has 0 amide bonds. The summed E-state index contributed by atoms with van der Waals surface area (Å²) < 4.78 is 38.7. The van der Waals surface area contributed by atoms with Gasteiger partial charge in [-0.1, -0.05) is 13.0 Å². The van der Waals surface area contributed by atoms with Gasteiger partial charge in [-0.2, -0.15) is 8.78 Å². The molecular formula is C13H17F2NO4. The van der Waals surface area contributed by atoms with E-state index in [4.69, 9.17) is 4.74 Å². The number of hydrogen-bond acceptors (Lipinski definition) is 5. The molecule has 0 fully saturated rings. The van der Waals surface area contributed by atoms with E-state index in [2.05, 4.69) is 14.8 Å². The number of hydrogen-bond donors (Lipinski definition) is 1. The van der Waals surface area contributed by atoms with Crippen LogP contribution in [0.1, 0.15) is 18.5 Å². The SMILES string of the molecule is CCNC(C(=O)OC)c1ccc(OC)c(OC(F)F)c1. The molecule has 5 nitrogen and oxygen atoms in total. The Kier molecular flexibility index (Phi) is 6.17. The number of alkyl halides is 2. The highest BCUT2D eigenvalue weighted by atomic mass is 19.3. The van der Waals surface area contributed by atoms with Crippen molar-refractivity contribution in [1.82, 2.24) is 5.32 Å². The molecule has 0 aromatic heterocycles. The Bertz CT molecular complexity index is 454. The zero-order chi connectivity index (χ0) is 15.1. The molecule has 1 unspecified atom stereocenters. The van der Waals surface area contributed by atoms with Gasteiger partial charge in [0.15, 0.2) is 11.5 Å². The molecule has 1 aromatic rings. The van der Waals surface area contributed by atoms with Crippen LogP contribution in [0.5, 0.6) is 11.5 Å². The summed E-state index contributed by atoms with van der Waals surface area (Å²) in [7, 11) is 2.60. The Labute approximate surface area is 115 Å². The van der Waals surface area contributed by atoms with Crippen LogP contribution < -0.4 is 14.8 Å². The Balaban J connectivity index is 3.12. The van der Waals surface area contributed by atoms with Crippen molar-refractivity contribution >= 4 is 5.97 Å². The first kappa shape index (κ1) is 16.2. The van der Waals surface area contributed by atoms with Crippen molar-refractivity contribution in [3.63, 3.8) is 0 Å². The van der Waals surface area contributed by atoms with Crippen LogP contribution in [0.15, 0.2) is 18.2 Å². The Morgan fingerprint density at radius 3 is 2.50 bits per heavy atom. The van der Waals surface area contributed by atoms with Crippen LogP contribution in [0.3, 0.4) is 0 Å². The number of nitrogens with one attached hydrogen (secondary N) is 1. The maximum atomic E-state index is 12.4. The minimum Gasteiger partial charge on any atom is -0.493 e. The van der Waals surface area contributed by atoms with Gasteiger partial charge in [0.2, 0.25) is 0 Å². The molecule has 1 aromatic carbocycles. The second-order valence-corrected chi connectivity index (χ2v) is 3.80. The van der Waals surface area contributed by atoms with Crippen molar-refractivity contribution < 1.29 is 27.8 Å². The molecule has 0 aliphatic carbocycles. The van der Waals surface area contributed by atoms with Crippen LogP contribution in [-0.4, -0.2) is 33.3 Å². The molecule has 1 atom stereocenters. The lowest BCUT2D eigenvalue weighted by molar-refractivity contribution is -0.143. The molecule has 0 aliphatic heterocycles. The summed E-state index contributed by atoms with van der Waals surface area (Å²) in [5.74, 6) is -0.485. The Morgan fingerprint density at radius 2 is 2.00 bits per heavy atom. The van der Waals surface area contributed by atoms with Gasteiger partial charge in [0.1, 0.15) is 6.04 Å². The van der Waals surface area contributed by atoms with Crippen LogP contribution in [-0.2, 0) is 9.53 Å². The Hall–Kier alpha value is -1.89. The van der Waals surface area contributed by atoms with Crippen molar-refractivity contribution in [3.8, 4) is 11.5 Å². The van der Waals surface area contributed by atoms with Gasteiger partial charge in [-0.25, -0.2) is 4.79 Å². The minimum absolute atomic E-state index is 0.133. The lowest BCUT2D eigenvalue weighted by Gasteiger charge is -2.18. The number of halogens is 2. The summed E-state index contributed by atoms with van der Waals surface area (Å²) in [6.07, 6.45) is 0. The highest BCUT2D eigenvalue weighted by Gasteiger charge is 2.22. The van der Waals surface area contributed by atoms with Gasteiger partial charge in [0.25, 0.3) is 0 Å². The average Bonchev–Trinajstić information content (AvgIpc) is 2.43. The maximum Gasteiger partial charge on any atom is 0.387 e. The third-order valence-electron chi connectivity index (χ3n) is 2.58. The summed E-state index contributed by atoms with van der Waals surface area (Å²) in [6.45, 7) is -0.651. The fraction of sp³-hybridized carbons (Fsp3) is 0.462. The number of likely N-dealkylation sites (N-methyl/N-ethyl adjacent to an activating group) is 1. The maximum absolute atomic E-state index is 12.4. The summed E-state index contributed by atoms with van der Waals surface area (Å²) in [4.78, 5) is 11.7. The zero-order valence-electron chi connectivity index (χ0n) is 11.5. The van der Waals surface area contributed by atoms with Gasteiger partial charge < -0.3 is 19.5 Å². The van der Waals surface area contributed by atoms with Gasteiger partial charge in [0, 0.05) is 0 Å². The van der Waals surface area contributed by atoms with Crippen molar-refractivity contribution in [2.24, 2.45) is 0 Å². The first-order chi connectivity index (χ1) is 9.53. The number of benzene rings is 1. The van der Waals surface area contributed by atoms with E-state index in [0.29, 0.717) is 12.1 Å². The van der Waals surface area contributed by atoms with Gasteiger partial charge >= 0.3 is 12.6 Å². The normalized spacial score (nSPS) is 12.1. The van der Waals surface area contributed by atoms with Gasteiger partial charge in [-0.05, 0) is 24.2 Å². The molecule has 1 rings (SSSR count). The lowest BCUT2D eigenvalue weighted by atomic mass is 10.1. The van der Waals surface area contributed by atoms with Crippen LogP contribution >= 0.6 is 0 Å². The fourth-order valence-corrected chi connectivity index (χ4v) is 1.72. The number of carbonyl (C=O) groups is 1. The van der Waals surface area contributed by atoms with Gasteiger partial charge in [-0.3, -0.25) is 0 Å². The second kappa shape index (κ2) is 7.64. The first-order valence-corrected chi connectivity index (χ1v) is 5.97. The molecule has 0 saturated heterocycles. The molecule has 1 N–H and O–H groups in total. The van der Waals surface area contributed by atoms with E-state index in [1.165, 1.54) is 26.4 Å². The number of carbonyl (C=O) groups excluding carboxylic acids is 1. The molecule has 0 spiro atoms. The summed E-state index contributed by atoms with van der Waals surface area (Å²) >= 11 is 0. The average molecular weight is 289 g/mol. The number of ether oxygens (including phenoxy) is 3. The molecule has 0 radical (unpaired) electrons. The van der Waals surface area contributed by atoms with E-state index in [9.17, 15) is 13.6 Å². The number of methoxy groups -OCH3 is 2. The predicted molar refractivity (Wildman–Crippen MR) is 68.1 cm³/mol. The second-order valence-electron chi connectivity index (χ2n) is 3.80. The lowest BCUT2D eigenvalue weighted by Crippen LogP contribution is -2.29. The highest BCUT2D eigenvalue weighted by molar-refractivity contribution is 5.77. The third-order valence-corrected chi connectivity index (χ3v) is 2.58. The molecule has 7 heteroatoms. The van der Waals surface area contributed by atoms with E-state index >= 15 is 0 Å². The molecule has 112 valence electrons. The van der Waals surface area contributed by atoms with Gasteiger partial charge in [0.05, 0.1) is 14.2 Å². The van der Waals surface area contributed by atoms with E-state index < -0.39 is 18.6 Å². The monoisotopic (exact) mass is 289 g/mol. The largest absolute Gasteiger partial charge is 0.493 e. The number of rotatable bonds is 7. The van der Waals surface area contributed by atoms with Crippen LogP contribution in [0, 0.1) is 0 Å². The topological polar surface area (TPSA) is 56.8 Å². The summed E-state index contributed by atoms with van der Waals surface area (Å²) in [6, 6.07) is 3.62. The first-order valence-electron chi connectivity index (χ1n) is 5.97. The summed E-state index contributed by atoms with van der Waals surface area (Å²) in [5, 5.41) is 2.91. The van der Waals surface area contributed by atoms with Crippen LogP contribution in [0.25, 0.3) is 0 Å². The molecule has 0 heterocycles. The van der Waals surface area contributed by atoms with Crippen molar-refractivity contribution in [2.45, 2.75) is 19.6 Å². The molecule has 0 bridgehead atoms. The highest BCUT2D eigenvalue weighted by Crippen LogP contribution is 2.31. The molecule has 20 heavy (non-hydrogen) atoms. The summed E-state index contributed by atoms with van der Waals surface area (Å²) in [5.41, 5.74) is 0.454. The van der Waals surface area contributed by atoms with Crippen molar-refractivity contribution in [2.75, 3.05) is 20.8 Å². The van der Waals surface area contributed by atoms with Gasteiger partial charge in [-0.15, -0.1) is 0 Å². The molecule has 0 aliphatic rings. The zero-order valence-corrected chi connectivity index (χ0v) is 11.5. The van der Waals surface area contributed by atoms with E-state index in [0.717, 1.165) is 0 Å². The van der Waals surface area contributed by atoms with Crippen LogP contribution in [0.4, 0.5) is 8.78 Å². The Morgan fingerprint density at radius 1 is 1.30 bits per heavy atom. The minimum atomic E-state index is -2.98. The van der Waals surface area contributed by atoms with Crippen molar-refractivity contribution in [3.05, 3.63) is 23.8 Å². The van der Waals surface area contributed by atoms with Crippen molar-refractivity contribution in [1.29, 1.82) is 0 Å². The quantitative estimate of drug-likeness (QED) is 0.779. The molecular weight excluding hydrogens is 272 g/mol. The standard InChI is InChI=1S/C13H17F2NO4/c1-4-16-11(12(17)19-3)8-5-6-9(18-2)10(7-8)20-13(14)15/h5-7,11,13,16H,4H2,1-3H3. The molecule has 0 saturated carbocycles. The van der Waals surface area contributed by atoms with E-state index in [1.807, 2.05) is 6.92 Å². The predicted octanol–water partition coefficient (Wildman–Crippen LogP) is 2.12. The number of esters is 1. The third kappa shape index (κ3) is 4.06. The van der Waals surface area contributed by atoms with E-state index in [1.54, 1.807) is 6.07 Å². The fourth-order valence-electron chi connectivity index (χ4n) is 1.72. The smallest absolute Gasteiger partial charge is 0.387 e.